The second-order valence-corrected chi connectivity index (χ2v) is 4.51. The smallest absolute Gasteiger partial charge is 0.171 e. The summed E-state index contributed by atoms with van der Waals surface area (Å²) >= 11 is 5.81. The second-order valence-electron chi connectivity index (χ2n) is 4.07. The highest BCUT2D eigenvalue weighted by Crippen LogP contribution is 2.21. The lowest BCUT2D eigenvalue weighted by molar-refractivity contribution is 0.0962. The Hall–Kier alpha value is -1.64. The quantitative estimate of drug-likeness (QED) is 0.857. The third-order valence-electron chi connectivity index (χ3n) is 2.88. The Morgan fingerprint density at radius 3 is 2.22 bits per heavy atom. The van der Waals surface area contributed by atoms with Crippen molar-refractivity contribution in [1.29, 1.82) is 0 Å². The van der Waals surface area contributed by atoms with Gasteiger partial charge in [0.05, 0.1) is 5.92 Å². The van der Waals surface area contributed by atoms with E-state index in [9.17, 15) is 4.79 Å². The van der Waals surface area contributed by atoms with Gasteiger partial charge < -0.3 is 5.73 Å². The van der Waals surface area contributed by atoms with Crippen LogP contribution in [0, 0.1) is 0 Å². The van der Waals surface area contributed by atoms with Crippen LogP contribution in [0.1, 0.15) is 21.8 Å². The molecule has 2 aromatic rings. The number of benzene rings is 2. The third kappa shape index (κ3) is 2.78. The molecule has 0 spiro atoms. The lowest BCUT2D eigenvalue weighted by Crippen LogP contribution is -2.21. The summed E-state index contributed by atoms with van der Waals surface area (Å²) in [5.41, 5.74) is 7.31. The van der Waals surface area contributed by atoms with E-state index in [0.717, 1.165) is 5.56 Å². The molecule has 0 aromatic heterocycles. The highest BCUT2D eigenvalue weighted by Gasteiger charge is 2.20. The molecule has 1 atom stereocenters. The normalized spacial score (nSPS) is 12.1. The first-order valence-corrected chi connectivity index (χ1v) is 6.15. The van der Waals surface area contributed by atoms with E-state index < -0.39 is 0 Å². The van der Waals surface area contributed by atoms with Crippen LogP contribution in [0.5, 0.6) is 0 Å². The molecule has 18 heavy (non-hydrogen) atoms. The molecule has 0 aliphatic heterocycles. The molecule has 92 valence electrons. The van der Waals surface area contributed by atoms with Gasteiger partial charge in [-0.25, -0.2) is 0 Å². The van der Waals surface area contributed by atoms with Crippen molar-refractivity contribution in [3.63, 3.8) is 0 Å². The van der Waals surface area contributed by atoms with E-state index in [1.54, 1.807) is 24.3 Å². The van der Waals surface area contributed by atoms with E-state index in [4.69, 9.17) is 17.3 Å². The summed E-state index contributed by atoms with van der Waals surface area (Å²) in [4.78, 5) is 12.4. The number of hydrogen-bond donors (Lipinski definition) is 1. The fourth-order valence-electron chi connectivity index (χ4n) is 1.90. The minimum absolute atomic E-state index is 0.0281. The van der Waals surface area contributed by atoms with Crippen LogP contribution in [0.15, 0.2) is 54.6 Å². The summed E-state index contributed by atoms with van der Waals surface area (Å²) < 4.78 is 0. The van der Waals surface area contributed by atoms with Gasteiger partial charge in [-0.3, -0.25) is 4.79 Å². The van der Waals surface area contributed by atoms with Crippen molar-refractivity contribution < 1.29 is 4.79 Å². The van der Waals surface area contributed by atoms with Crippen molar-refractivity contribution in [1.82, 2.24) is 0 Å². The molecular weight excluding hydrogens is 246 g/mol. The molecule has 0 radical (unpaired) electrons. The summed E-state index contributed by atoms with van der Waals surface area (Å²) in [7, 11) is 0. The van der Waals surface area contributed by atoms with E-state index in [1.165, 1.54) is 0 Å². The van der Waals surface area contributed by atoms with E-state index in [-0.39, 0.29) is 11.7 Å². The van der Waals surface area contributed by atoms with Gasteiger partial charge in [0.15, 0.2) is 5.78 Å². The molecule has 2 nitrogen and oxygen atoms in total. The monoisotopic (exact) mass is 259 g/mol. The van der Waals surface area contributed by atoms with E-state index >= 15 is 0 Å². The summed E-state index contributed by atoms with van der Waals surface area (Å²) in [5.74, 6) is -0.271. The molecule has 0 amide bonds. The van der Waals surface area contributed by atoms with Crippen LogP contribution in [0.2, 0.25) is 5.02 Å². The largest absolute Gasteiger partial charge is 0.329 e. The Morgan fingerprint density at radius 1 is 1.06 bits per heavy atom. The second kappa shape index (κ2) is 5.80. The van der Waals surface area contributed by atoms with Crippen LogP contribution in [0.25, 0.3) is 0 Å². The maximum atomic E-state index is 12.4. The van der Waals surface area contributed by atoms with Crippen LogP contribution in [-0.4, -0.2) is 12.3 Å². The standard InChI is InChI=1S/C15H14ClNO/c16-13-8-6-12(7-9-13)15(18)14(10-17)11-4-2-1-3-5-11/h1-9,14H,10,17H2. The lowest BCUT2D eigenvalue weighted by atomic mass is 9.91. The molecule has 0 saturated carbocycles. The molecule has 0 aliphatic rings. The summed E-state index contributed by atoms with van der Waals surface area (Å²) in [6.45, 7) is 0.297. The van der Waals surface area contributed by atoms with Gasteiger partial charge in [-0.2, -0.15) is 0 Å². The molecule has 0 fully saturated rings. The number of carbonyl (C=O) groups is 1. The SMILES string of the molecule is NCC(C(=O)c1ccc(Cl)cc1)c1ccccc1. The molecule has 0 saturated heterocycles. The number of Topliss-reactive ketones (excluding diaryl/α,β-unsaturated/α-hetero) is 1. The van der Waals surface area contributed by atoms with Gasteiger partial charge in [-0.05, 0) is 29.8 Å². The maximum absolute atomic E-state index is 12.4. The molecule has 2 N–H and O–H groups in total. The van der Waals surface area contributed by atoms with Crippen molar-refractivity contribution in [3.8, 4) is 0 Å². The molecule has 0 bridgehead atoms. The Labute approximate surface area is 111 Å². The van der Waals surface area contributed by atoms with Gasteiger partial charge in [0.1, 0.15) is 0 Å². The predicted octanol–water partition coefficient (Wildman–Crippen LogP) is 3.27. The van der Waals surface area contributed by atoms with Crippen LogP contribution in [0.4, 0.5) is 0 Å². The molecule has 2 rings (SSSR count). The van der Waals surface area contributed by atoms with Crippen molar-refractivity contribution in [2.45, 2.75) is 5.92 Å². The third-order valence-corrected chi connectivity index (χ3v) is 3.13. The Bertz CT molecular complexity index is 522. The van der Waals surface area contributed by atoms with Gasteiger partial charge >= 0.3 is 0 Å². The minimum Gasteiger partial charge on any atom is -0.329 e. The van der Waals surface area contributed by atoms with Gasteiger partial charge in [0.2, 0.25) is 0 Å². The minimum atomic E-state index is -0.299. The van der Waals surface area contributed by atoms with Crippen molar-refractivity contribution in [3.05, 3.63) is 70.7 Å². The molecule has 0 heterocycles. The fraction of sp³-hybridized carbons (Fsp3) is 0.133. The first-order chi connectivity index (χ1) is 8.72. The highest BCUT2D eigenvalue weighted by molar-refractivity contribution is 6.30. The number of rotatable bonds is 4. The van der Waals surface area contributed by atoms with Gasteiger partial charge in [0.25, 0.3) is 0 Å². The summed E-state index contributed by atoms with van der Waals surface area (Å²) in [6, 6.07) is 16.5. The van der Waals surface area contributed by atoms with Crippen LogP contribution < -0.4 is 5.73 Å². The number of halogens is 1. The number of ketones is 1. The predicted molar refractivity (Wildman–Crippen MR) is 74.0 cm³/mol. The number of carbonyl (C=O) groups excluding carboxylic acids is 1. The van der Waals surface area contributed by atoms with Crippen molar-refractivity contribution in [2.24, 2.45) is 5.73 Å². The van der Waals surface area contributed by atoms with E-state index in [1.807, 2.05) is 30.3 Å². The Balaban J connectivity index is 2.28. The molecule has 2 aromatic carbocycles. The van der Waals surface area contributed by atoms with Crippen LogP contribution in [-0.2, 0) is 0 Å². The first-order valence-electron chi connectivity index (χ1n) is 5.77. The average Bonchev–Trinajstić information content (AvgIpc) is 2.41. The zero-order valence-electron chi connectivity index (χ0n) is 9.84. The molecule has 1 unspecified atom stereocenters. The van der Waals surface area contributed by atoms with Crippen molar-refractivity contribution >= 4 is 17.4 Å². The van der Waals surface area contributed by atoms with Crippen LogP contribution in [0.3, 0.4) is 0 Å². The first kappa shape index (κ1) is 12.8. The van der Waals surface area contributed by atoms with Crippen molar-refractivity contribution in [2.75, 3.05) is 6.54 Å². The number of nitrogens with two attached hydrogens (primary N) is 1. The summed E-state index contributed by atoms with van der Waals surface area (Å²) in [6.07, 6.45) is 0. The average molecular weight is 260 g/mol. The zero-order chi connectivity index (χ0) is 13.0. The fourth-order valence-corrected chi connectivity index (χ4v) is 2.02. The Morgan fingerprint density at radius 2 is 1.67 bits per heavy atom. The lowest BCUT2D eigenvalue weighted by Gasteiger charge is -2.14. The van der Waals surface area contributed by atoms with E-state index in [2.05, 4.69) is 0 Å². The van der Waals surface area contributed by atoms with E-state index in [0.29, 0.717) is 17.1 Å². The Kier molecular flexibility index (Phi) is 4.13. The van der Waals surface area contributed by atoms with Gasteiger partial charge in [0, 0.05) is 17.1 Å². The summed E-state index contributed by atoms with van der Waals surface area (Å²) in [5, 5.41) is 0.621. The van der Waals surface area contributed by atoms with Gasteiger partial charge in [-0.1, -0.05) is 41.9 Å². The highest BCUT2D eigenvalue weighted by atomic mass is 35.5. The molecule has 0 aliphatic carbocycles. The topological polar surface area (TPSA) is 43.1 Å². The maximum Gasteiger partial charge on any atom is 0.171 e. The molecule has 3 heteroatoms. The zero-order valence-corrected chi connectivity index (χ0v) is 10.6. The van der Waals surface area contributed by atoms with Crippen LogP contribution >= 0.6 is 11.6 Å². The molecular formula is C15H14ClNO. The number of hydrogen-bond acceptors (Lipinski definition) is 2. The van der Waals surface area contributed by atoms with Gasteiger partial charge in [-0.15, -0.1) is 0 Å².